The van der Waals surface area contributed by atoms with Gasteiger partial charge in [0.15, 0.2) is 11.5 Å². The fourth-order valence-corrected chi connectivity index (χ4v) is 2.75. The Morgan fingerprint density at radius 2 is 1.95 bits per heavy atom. The first kappa shape index (κ1) is 16.4. The summed E-state index contributed by atoms with van der Waals surface area (Å²) in [6.45, 7) is 10.9. The van der Waals surface area contributed by atoms with Gasteiger partial charge in [-0.2, -0.15) is 0 Å². The Bertz CT molecular complexity index is 524. The second-order valence-corrected chi connectivity index (χ2v) is 6.79. The van der Waals surface area contributed by atoms with Crippen molar-refractivity contribution in [2.75, 3.05) is 19.8 Å². The van der Waals surface area contributed by atoms with Crippen LogP contribution in [0.2, 0.25) is 0 Å². The maximum absolute atomic E-state index is 5.69. The molecule has 0 atom stereocenters. The largest absolute Gasteiger partial charge is 0.486 e. The molecule has 0 aromatic heterocycles. The van der Waals surface area contributed by atoms with Gasteiger partial charge < -0.3 is 14.8 Å². The minimum Gasteiger partial charge on any atom is -0.486 e. The molecular formula is C17H24BrNO2. The van der Waals surface area contributed by atoms with Crippen LogP contribution in [0.1, 0.15) is 33.3 Å². The van der Waals surface area contributed by atoms with Gasteiger partial charge in [0.25, 0.3) is 0 Å². The molecule has 1 aromatic rings. The average molecular weight is 354 g/mol. The van der Waals surface area contributed by atoms with Gasteiger partial charge in [-0.1, -0.05) is 39.3 Å². The van der Waals surface area contributed by atoms with E-state index >= 15 is 0 Å². The van der Waals surface area contributed by atoms with Crippen molar-refractivity contribution in [3.63, 3.8) is 0 Å². The molecule has 0 fully saturated rings. The van der Waals surface area contributed by atoms with Crippen molar-refractivity contribution in [1.82, 2.24) is 5.32 Å². The Morgan fingerprint density at radius 1 is 1.24 bits per heavy atom. The van der Waals surface area contributed by atoms with Gasteiger partial charge in [-0.25, -0.2) is 0 Å². The Hall–Kier alpha value is -1.00. The maximum atomic E-state index is 5.69. The topological polar surface area (TPSA) is 30.5 Å². The molecule has 0 spiro atoms. The zero-order valence-corrected chi connectivity index (χ0v) is 14.8. The molecule has 0 unspecified atom stereocenters. The lowest BCUT2D eigenvalue weighted by atomic mass is 9.99. The van der Waals surface area contributed by atoms with Gasteiger partial charge in [0.2, 0.25) is 0 Å². The molecule has 0 saturated carbocycles. The van der Waals surface area contributed by atoms with Gasteiger partial charge in [0.05, 0.1) is 4.47 Å². The van der Waals surface area contributed by atoms with E-state index in [4.69, 9.17) is 9.47 Å². The third-order valence-electron chi connectivity index (χ3n) is 3.43. The summed E-state index contributed by atoms with van der Waals surface area (Å²) in [5, 5.41) is 3.49. The lowest BCUT2D eigenvalue weighted by Crippen LogP contribution is -2.26. The average Bonchev–Trinajstić information content (AvgIpc) is 2.43. The van der Waals surface area contributed by atoms with E-state index in [1.807, 2.05) is 0 Å². The Labute approximate surface area is 135 Å². The highest BCUT2D eigenvalue weighted by Gasteiger charge is 2.16. The van der Waals surface area contributed by atoms with E-state index in [2.05, 4.69) is 67.2 Å². The molecule has 1 aliphatic rings. The van der Waals surface area contributed by atoms with Gasteiger partial charge in [0.1, 0.15) is 13.2 Å². The molecule has 0 saturated heterocycles. The number of benzene rings is 1. The van der Waals surface area contributed by atoms with Crippen molar-refractivity contribution in [2.45, 2.75) is 33.7 Å². The summed E-state index contributed by atoms with van der Waals surface area (Å²) in [6, 6.07) is 4.63. The van der Waals surface area contributed by atoms with E-state index in [0.717, 1.165) is 28.1 Å². The van der Waals surface area contributed by atoms with Crippen LogP contribution in [0.3, 0.4) is 0 Å². The molecule has 2 rings (SSSR count). The minimum atomic E-state index is 0.485. The molecule has 0 aliphatic carbocycles. The van der Waals surface area contributed by atoms with Crippen LogP contribution in [0.15, 0.2) is 22.2 Å². The number of hydrogen-bond donors (Lipinski definition) is 1. The number of ether oxygens (including phenoxy) is 2. The number of fused-ring (bicyclic) bond motifs is 1. The summed E-state index contributed by atoms with van der Waals surface area (Å²) in [7, 11) is 0. The Balaban J connectivity index is 2.26. The van der Waals surface area contributed by atoms with Crippen LogP contribution in [0.5, 0.6) is 11.5 Å². The zero-order valence-electron chi connectivity index (χ0n) is 13.2. The fourth-order valence-electron chi connectivity index (χ4n) is 2.17. The summed E-state index contributed by atoms with van der Waals surface area (Å²) in [5.74, 6) is 2.13. The van der Waals surface area contributed by atoms with Crippen molar-refractivity contribution in [3.8, 4) is 11.5 Å². The van der Waals surface area contributed by atoms with Crippen LogP contribution in [0, 0.1) is 5.92 Å². The zero-order chi connectivity index (χ0) is 15.4. The molecule has 1 aromatic carbocycles. The molecule has 0 amide bonds. The van der Waals surface area contributed by atoms with Crippen molar-refractivity contribution in [2.24, 2.45) is 5.92 Å². The van der Waals surface area contributed by atoms with E-state index in [-0.39, 0.29) is 0 Å². The first-order valence-corrected chi connectivity index (χ1v) is 8.29. The number of hydrogen-bond acceptors (Lipinski definition) is 3. The van der Waals surface area contributed by atoms with E-state index in [1.54, 1.807) is 0 Å². The molecule has 3 nitrogen and oxygen atoms in total. The summed E-state index contributed by atoms with van der Waals surface area (Å²) >= 11 is 3.57. The second kappa shape index (κ2) is 7.32. The molecule has 1 heterocycles. The normalized spacial score (nSPS) is 14.9. The molecule has 1 aliphatic heterocycles. The highest BCUT2D eigenvalue weighted by molar-refractivity contribution is 9.10. The van der Waals surface area contributed by atoms with Crippen LogP contribution in [0.4, 0.5) is 0 Å². The monoisotopic (exact) mass is 353 g/mol. The fraction of sp³-hybridized carbons (Fsp3) is 0.529. The van der Waals surface area contributed by atoms with Gasteiger partial charge >= 0.3 is 0 Å². The Morgan fingerprint density at radius 3 is 2.62 bits per heavy atom. The third-order valence-corrected chi connectivity index (χ3v) is 4.02. The second-order valence-electron chi connectivity index (χ2n) is 5.94. The smallest absolute Gasteiger partial charge is 0.175 e. The van der Waals surface area contributed by atoms with Crippen molar-refractivity contribution in [1.29, 1.82) is 0 Å². The van der Waals surface area contributed by atoms with Crippen LogP contribution < -0.4 is 14.8 Å². The van der Waals surface area contributed by atoms with E-state index < -0.39 is 0 Å². The summed E-state index contributed by atoms with van der Waals surface area (Å²) in [4.78, 5) is 0. The summed E-state index contributed by atoms with van der Waals surface area (Å²) in [5.41, 5.74) is 2.52. The number of nitrogens with one attached hydrogen (secondary N) is 1. The predicted molar refractivity (Wildman–Crippen MR) is 91.1 cm³/mol. The summed E-state index contributed by atoms with van der Waals surface area (Å²) < 4.78 is 12.3. The highest BCUT2D eigenvalue weighted by atomic mass is 79.9. The van der Waals surface area contributed by atoms with Gasteiger partial charge in [-0.05, 0) is 39.5 Å². The molecule has 1 N–H and O–H groups in total. The molecular weight excluding hydrogens is 330 g/mol. The highest BCUT2D eigenvalue weighted by Crippen LogP contribution is 2.39. The SMILES string of the molecule is CC(C)NCC(=Cc1cc(Br)c2c(c1)OCCO2)C(C)C. The van der Waals surface area contributed by atoms with Gasteiger partial charge in [0, 0.05) is 12.6 Å². The maximum Gasteiger partial charge on any atom is 0.175 e. The van der Waals surface area contributed by atoms with Crippen molar-refractivity contribution < 1.29 is 9.47 Å². The van der Waals surface area contributed by atoms with Gasteiger partial charge in [-0.15, -0.1) is 0 Å². The first-order chi connectivity index (χ1) is 9.97. The van der Waals surface area contributed by atoms with E-state index in [1.165, 1.54) is 5.57 Å². The molecule has 116 valence electrons. The number of rotatable bonds is 5. The van der Waals surface area contributed by atoms with Crippen molar-refractivity contribution in [3.05, 3.63) is 27.7 Å². The first-order valence-electron chi connectivity index (χ1n) is 7.50. The van der Waals surface area contributed by atoms with E-state index in [9.17, 15) is 0 Å². The quantitative estimate of drug-likeness (QED) is 0.857. The standard InChI is InChI=1S/C17H24BrNO2/c1-11(2)14(10-19-12(3)4)7-13-8-15(18)17-16(9-13)20-5-6-21-17/h7-9,11-12,19H,5-6,10H2,1-4H3. The van der Waals surface area contributed by atoms with Crippen LogP contribution in [0.25, 0.3) is 6.08 Å². The summed E-state index contributed by atoms with van der Waals surface area (Å²) in [6.07, 6.45) is 2.24. The van der Waals surface area contributed by atoms with Gasteiger partial charge in [-0.3, -0.25) is 0 Å². The molecule has 4 heteroatoms. The predicted octanol–water partition coefficient (Wildman–Crippen LogP) is 4.26. The van der Waals surface area contributed by atoms with Crippen LogP contribution >= 0.6 is 15.9 Å². The molecule has 0 radical (unpaired) electrons. The minimum absolute atomic E-state index is 0.485. The molecule has 0 bridgehead atoms. The van der Waals surface area contributed by atoms with Crippen LogP contribution in [-0.4, -0.2) is 25.8 Å². The lowest BCUT2D eigenvalue weighted by molar-refractivity contribution is 0.170. The molecule has 21 heavy (non-hydrogen) atoms. The lowest BCUT2D eigenvalue weighted by Gasteiger charge is -2.20. The number of halogens is 1. The van der Waals surface area contributed by atoms with Crippen molar-refractivity contribution >= 4 is 22.0 Å². The van der Waals surface area contributed by atoms with E-state index in [0.29, 0.717) is 25.2 Å². The Kier molecular flexibility index (Phi) is 5.71. The van der Waals surface area contributed by atoms with Crippen LogP contribution in [-0.2, 0) is 0 Å². The third kappa shape index (κ3) is 4.48.